The average Bonchev–Trinajstić information content (AvgIpc) is 3.00. The zero-order chi connectivity index (χ0) is 22.8. The summed E-state index contributed by atoms with van der Waals surface area (Å²) < 4.78 is 11.8. The normalized spacial score (nSPS) is 14.2. The van der Waals surface area contributed by atoms with Crippen molar-refractivity contribution in [3.05, 3.63) is 52.3 Å². The van der Waals surface area contributed by atoms with Crippen molar-refractivity contribution in [3.63, 3.8) is 0 Å². The minimum absolute atomic E-state index is 0.0340. The number of amides is 2. The van der Waals surface area contributed by atoms with E-state index < -0.39 is 23.5 Å². The first kappa shape index (κ1) is 22.7. The van der Waals surface area contributed by atoms with Crippen molar-refractivity contribution < 1.29 is 23.9 Å². The number of carbonyl (C=O) groups excluding carboxylic acids is 3. The Balaban J connectivity index is 1.82. The van der Waals surface area contributed by atoms with Crippen molar-refractivity contribution in [2.24, 2.45) is 5.73 Å². The highest BCUT2D eigenvalue weighted by Crippen LogP contribution is 2.40. The number of primary amides is 1. The molecule has 0 radical (unpaired) electrons. The standard InChI is InChI=1S/C22H24BrN3O5/c1-22(2,3)31-17(27)9-8-16(20(24)28)26-12-13-6-7-15(23)19(18(13)21(26)29)30-14-5-4-10-25-11-14/h4-7,10-11,16H,8-9,12H2,1-3H3,(H2,24,28). The molecule has 0 fully saturated rings. The van der Waals surface area contributed by atoms with Gasteiger partial charge in [-0.25, -0.2) is 0 Å². The summed E-state index contributed by atoms with van der Waals surface area (Å²) in [6, 6.07) is 6.07. The molecule has 1 aromatic heterocycles. The fourth-order valence-corrected chi connectivity index (χ4v) is 3.75. The van der Waals surface area contributed by atoms with E-state index in [9.17, 15) is 14.4 Å². The van der Waals surface area contributed by atoms with Crippen LogP contribution in [0.5, 0.6) is 11.5 Å². The van der Waals surface area contributed by atoms with Gasteiger partial charge in [-0.15, -0.1) is 0 Å². The molecular formula is C22H24BrN3O5. The molecule has 0 aliphatic carbocycles. The Labute approximate surface area is 188 Å². The van der Waals surface area contributed by atoms with Crippen LogP contribution in [0.25, 0.3) is 0 Å². The number of esters is 1. The lowest BCUT2D eigenvalue weighted by molar-refractivity contribution is -0.155. The second kappa shape index (κ2) is 9.05. The number of carbonyl (C=O) groups is 3. The largest absolute Gasteiger partial charge is 0.460 e. The lowest BCUT2D eigenvalue weighted by atomic mass is 10.1. The molecule has 8 nitrogen and oxygen atoms in total. The minimum Gasteiger partial charge on any atom is -0.460 e. The highest BCUT2D eigenvalue weighted by atomic mass is 79.9. The van der Waals surface area contributed by atoms with Gasteiger partial charge in [0.15, 0.2) is 5.75 Å². The molecule has 1 aliphatic rings. The van der Waals surface area contributed by atoms with Gasteiger partial charge in [0.05, 0.1) is 16.2 Å². The van der Waals surface area contributed by atoms with Crippen LogP contribution in [0.2, 0.25) is 0 Å². The molecule has 2 amide bonds. The smallest absolute Gasteiger partial charge is 0.306 e. The van der Waals surface area contributed by atoms with Gasteiger partial charge in [-0.2, -0.15) is 0 Å². The first-order valence-corrected chi connectivity index (χ1v) is 10.6. The van der Waals surface area contributed by atoms with Crippen LogP contribution < -0.4 is 10.5 Å². The number of benzene rings is 1. The van der Waals surface area contributed by atoms with Gasteiger partial charge in [0, 0.05) is 19.2 Å². The van der Waals surface area contributed by atoms with Crippen LogP contribution in [0.4, 0.5) is 0 Å². The van der Waals surface area contributed by atoms with Crippen molar-refractivity contribution in [3.8, 4) is 11.5 Å². The number of pyridine rings is 1. The first-order valence-electron chi connectivity index (χ1n) is 9.78. The van der Waals surface area contributed by atoms with Gasteiger partial charge in [-0.1, -0.05) is 6.07 Å². The van der Waals surface area contributed by atoms with Crippen LogP contribution in [0.3, 0.4) is 0 Å². The van der Waals surface area contributed by atoms with Crippen LogP contribution in [0.1, 0.15) is 49.5 Å². The molecule has 164 valence electrons. The van der Waals surface area contributed by atoms with Crippen LogP contribution in [-0.2, 0) is 20.9 Å². The quantitative estimate of drug-likeness (QED) is 0.594. The number of hydrogen-bond acceptors (Lipinski definition) is 6. The molecule has 31 heavy (non-hydrogen) atoms. The van der Waals surface area contributed by atoms with Crippen LogP contribution in [-0.4, -0.2) is 39.3 Å². The number of halogens is 1. The zero-order valence-corrected chi connectivity index (χ0v) is 19.1. The van der Waals surface area contributed by atoms with E-state index in [2.05, 4.69) is 20.9 Å². The van der Waals surface area contributed by atoms with E-state index in [0.717, 1.165) is 0 Å². The number of fused-ring (bicyclic) bond motifs is 1. The summed E-state index contributed by atoms with van der Waals surface area (Å²) in [5.74, 6) is -0.708. The molecule has 1 atom stereocenters. The van der Waals surface area contributed by atoms with Gasteiger partial charge in [0.2, 0.25) is 5.91 Å². The predicted molar refractivity (Wildman–Crippen MR) is 116 cm³/mol. The van der Waals surface area contributed by atoms with E-state index in [4.69, 9.17) is 15.2 Å². The number of nitrogens with two attached hydrogens (primary N) is 1. The molecule has 2 heterocycles. The average molecular weight is 490 g/mol. The van der Waals surface area contributed by atoms with Crippen molar-refractivity contribution >= 4 is 33.7 Å². The van der Waals surface area contributed by atoms with Gasteiger partial charge < -0.3 is 20.1 Å². The first-order chi connectivity index (χ1) is 14.6. The van der Waals surface area contributed by atoms with Crippen molar-refractivity contribution in [1.29, 1.82) is 0 Å². The van der Waals surface area contributed by atoms with Gasteiger partial charge >= 0.3 is 5.97 Å². The Hall–Kier alpha value is -2.94. The monoisotopic (exact) mass is 489 g/mol. The Kier molecular flexibility index (Phi) is 6.64. The molecule has 9 heteroatoms. The summed E-state index contributed by atoms with van der Waals surface area (Å²) >= 11 is 3.43. The van der Waals surface area contributed by atoms with Gasteiger partial charge in [-0.3, -0.25) is 19.4 Å². The van der Waals surface area contributed by atoms with E-state index in [1.807, 2.05) is 0 Å². The third-order valence-electron chi connectivity index (χ3n) is 4.61. The molecule has 3 rings (SSSR count). The molecule has 2 aromatic rings. The highest BCUT2D eigenvalue weighted by molar-refractivity contribution is 9.10. The maximum atomic E-state index is 13.3. The van der Waals surface area contributed by atoms with E-state index in [0.29, 0.717) is 27.1 Å². The summed E-state index contributed by atoms with van der Waals surface area (Å²) in [4.78, 5) is 42.9. The molecule has 0 spiro atoms. The minimum atomic E-state index is -0.947. The summed E-state index contributed by atoms with van der Waals surface area (Å²) in [6.07, 6.45) is 3.19. The van der Waals surface area contributed by atoms with Gasteiger partial charge in [-0.05, 0) is 66.9 Å². The van der Waals surface area contributed by atoms with E-state index in [-0.39, 0.29) is 25.3 Å². The molecule has 0 bridgehead atoms. The maximum Gasteiger partial charge on any atom is 0.306 e. The maximum absolute atomic E-state index is 13.3. The number of aromatic nitrogens is 1. The number of ether oxygens (including phenoxy) is 2. The molecule has 2 N–H and O–H groups in total. The number of hydrogen-bond donors (Lipinski definition) is 1. The van der Waals surface area contributed by atoms with Crippen molar-refractivity contribution in [2.75, 3.05) is 0 Å². The Bertz CT molecular complexity index is 1000. The molecule has 1 aliphatic heterocycles. The second-order valence-electron chi connectivity index (χ2n) is 8.18. The molecule has 0 saturated heterocycles. The zero-order valence-electron chi connectivity index (χ0n) is 17.6. The van der Waals surface area contributed by atoms with Crippen LogP contribution in [0, 0.1) is 0 Å². The van der Waals surface area contributed by atoms with E-state index in [1.165, 1.54) is 11.1 Å². The summed E-state index contributed by atoms with van der Waals surface area (Å²) in [7, 11) is 0. The number of nitrogens with zero attached hydrogens (tertiary/aromatic N) is 2. The third-order valence-corrected chi connectivity index (χ3v) is 5.24. The molecule has 1 aromatic carbocycles. The fourth-order valence-electron chi connectivity index (χ4n) is 3.34. The molecule has 1 unspecified atom stereocenters. The fraction of sp³-hybridized carbons (Fsp3) is 0.364. The molecule has 0 saturated carbocycles. The topological polar surface area (TPSA) is 112 Å². The van der Waals surface area contributed by atoms with Crippen molar-refractivity contribution in [2.45, 2.75) is 51.8 Å². The lowest BCUT2D eigenvalue weighted by Crippen LogP contribution is -2.45. The summed E-state index contributed by atoms with van der Waals surface area (Å²) in [5, 5.41) is 0. The summed E-state index contributed by atoms with van der Waals surface area (Å²) in [6.45, 7) is 5.48. The third kappa shape index (κ3) is 5.41. The van der Waals surface area contributed by atoms with Crippen LogP contribution in [0.15, 0.2) is 41.1 Å². The lowest BCUT2D eigenvalue weighted by Gasteiger charge is -2.26. The Morgan fingerprint density at radius 1 is 1.29 bits per heavy atom. The second-order valence-corrected chi connectivity index (χ2v) is 9.03. The summed E-state index contributed by atoms with van der Waals surface area (Å²) in [5.41, 5.74) is 6.00. The van der Waals surface area contributed by atoms with Crippen LogP contribution >= 0.6 is 15.9 Å². The SMILES string of the molecule is CC(C)(C)OC(=O)CCC(C(N)=O)N1Cc2ccc(Br)c(Oc3cccnc3)c2C1=O. The predicted octanol–water partition coefficient (Wildman–Crippen LogP) is 3.57. The van der Waals surface area contributed by atoms with E-state index >= 15 is 0 Å². The Morgan fingerprint density at radius 3 is 2.65 bits per heavy atom. The van der Waals surface area contributed by atoms with Crippen molar-refractivity contribution in [1.82, 2.24) is 9.88 Å². The Morgan fingerprint density at radius 2 is 2.03 bits per heavy atom. The van der Waals surface area contributed by atoms with Gasteiger partial charge in [0.25, 0.3) is 5.91 Å². The molecular weight excluding hydrogens is 466 g/mol. The van der Waals surface area contributed by atoms with Gasteiger partial charge in [0.1, 0.15) is 17.4 Å². The highest BCUT2D eigenvalue weighted by Gasteiger charge is 2.38. The number of rotatable bonds is 7. The van der Waals surface area contributed by atoms with E-state index in [1.54, 1.807) is 51.2 Å².